The van der Waals surface area contributed by atoms with Gasteiger partial charge in [-0.1, -0.05) is 31.2 Å². The molecule has 0 atom stereocenters. The first kappa shape index (κ1) is 16.5. The van der Waals surface area contributed by atoms with Gasteiger partial charge in [-0.05, 0) is 43.2 Å². The molecule has 2 rings (SSSR count). The van der Waals surface area contributed by atoms with Crippen molar-refractivity contribution >= 4 is 23.4 Å². The van der Waals surface area contributed by atoms with Gasteiger partial charge in [0.1, 0.15) is 0 Å². The van der Waals surface area contributed by atoms with Crippen molar-refractivity contribution in [3.05, 3.63) is 59.7 Å². The van der Waals surface area contributed by atoms with Crippen LogP contribution in [0.2, 0.25) is 0 Å². The molecule has 5 heteroatoms. The van der Waals surface area contributed by atoms with E-state index in [1.165, 1.54) is 5.56 Å². The molecule has 120 valence electrons. The Bertz CT molecular complexity index is 681. The van der Waals surface area contributed by atoms with Gasteiger partial charge in [0.05, 0.1) is 17.9 Å². The molecule has 23 heavy (non-hydrogen) atoms. The van der Waals surface area contributed by atoms with Crippen LogP contribution in [0.25, 0.3) is 0 Å². The van der Waals surface area contributed by atoms with Crippen LogP contribution in [0.3, 0.4) is 0 Å². The van der Waals surface area contributed by atoms with Crippen LogP contribution in [0.5, 0.6) is 0 Å². The van der Waals surface area contributed by atoms with Gasteiger partial charge in [0.25, 0.3) is 0 Å². The van der Waals surface area contributed by atoms with Gasteiger partial charge in [0, 0.05) is 5.69 Å². The third kappa shape index (κ3) is 4.57. The van der Waals surface area contributed by atoms with Crippen LogP contribution in [0.15, 0.2) is 48.5 Å². The summed E-state index contributed by atoms with van der Waals surface area (Å²) in [5, 5.41) is 5.41. The van der Waals surface area contributed by atoms with Gasteiger partial charge in [-0.3, -0.25) is 0 Å². The van der Waals surface area contributed by atoms with E-state index in [1.54, 1.807) is 31.2 Å². The zero-order chi connectivity index (χ0) is 16.7. The Labute approximate surface area is 135 Å². The highest BCUT2D eigenvalue weighted by Gasteiger charge is 2.13. The fraction of sp³-hybridized carbons (Fsp3) is 0.222. The third-order valence-corrected chi connectivity index (χ3v) is 3.29. The number of anilines is 2. The number of hydrogen-bond donors (Lipinski definition) is 2. The zero-order valence-corrected chi connectivity index (χ0v) is 13.3. The molecule has 2 amide bonds. The number of para-hydroxylation sites is 1. The lowest BCUT2D eigenvalue weighted by Gasteiger charge is -2.11. The monoisotopic (exact) mass is 312 g/mol. The summed E-state index contributed by atoms with van der Waals surface area (Å²) in [5.41, 5.74) is 2.62. The first-order chi connectivity index (χ1) is 11.1. The molecule has 0 aliphatic rings. The van der Waals surface area contributed by atoms with Crippen molar-refractivity contribution in [2.24, 2.45) is 0 Å². The standard InChI is InChI=1S/C18H20N2O3/c1-3-13-9-11-14(12-10-13)19-18(22)20-16-8-6-5-7-15(16)17(21)23-4-2/h5-12H,3-4H2,1-2H3,(H2,19,20,22). The molecule has 0 saturated carbocycles. The average Bonchev–Trinajstić information content (AvgIpc) is 2.56. The fourth-order valence-corrected chi connectivity index (χ4v) is 2.09. The van der Waals surface area contributed by atoms with Crippen molar-refractivity contribution in [3.63, 3.8) is 0 Å². The number of amides is 2. The second-order valence-corrected chi connectivity index (χ2v) is 4.90. The van der Waals surface area contributed by atoms with Crippen LogP contribution in [0.4, 0.5) is 16.2 Å². The maximum Gasteiger partial charge on any atom is 0.340 e. The predicted octanol–water partition coefficient (Wildman–Crippen LogP) is 4.07. The highest BCUT2D eigenvalue weighted by atomic mass is 16.5. The van der Waals surface area contributed by atoms with Gasteiger partial charge < -0.3 is 15.4 Å². The van der Waals surface area contributed by atoms with E-state index >= 15 is 0 Å². The molecule has 0 spiro atoms. The minimum absolute atomic E-state index is 0.281. The van der Waals surface area contributed by atoms with Gasteiger partial charge in [0.2, 0.25) is 0 Å². The summed E-state index contributed by atoms with van der Waals surface area (Å²) < 4.78 is 4.98. The molecule has 2 N–H and O–H groups in total. The molecule has 2 aromatic carbocycles. The van der Waals surface area contributed by atoms with Crippen molar-refractivity contribution in [2.75, 3.05) is 17.2 Å². The van der Waals surface area contributed by atoms with E-state index in [0.29, 0.717) is 16.9 Å². The second kappa shape index (κ2) is 7.98. The lowest BCUT2D eigenvalue weighted by atomic mass is 10.1. The molecule has 0 aromatic heterocycles. The topological polar surface area (TPSA) is 67.4 Å². The number of urea groups is 1. The molecule has 0 fully saturated rings. The third-order valence-electron chi connectivity index (χ3n) is 3.29. The normalized spacial score (nSPS) is 10.0. The van der Waals surface area contributed by atoms with Crippen molar-refractivity contribution in [2.45, 2.75) is 20.3 Å². The first-order valence-corrected chi connectivity index (χ1v) is 7.57. The van der Waals surface area contributed by atoms with E-state index in [2.05, 4.69) is 17.6 Å². The fourth-order valence-electron chi connectivity index (χ4n) is 2.09. The van der Waals surface area contributed by atoms with Crippen molar-refractivity contribution in [1.82, 2.24) is 0 Å². The van der Waals surface area contributed by atoms with Crippen LogP contribution >= 0.6 is 0 Å². The van der Waals surface area contributed by atoms with Crippen molar-refractivity contribution < 1.29 is 14.3 Å². The molecule has 0 radical (unpaired) electrons. The molecule has 0 aliphatic carbocycles. The van der Waals surface area contributed by atoms with E-state index in [1.807, 2.05) is 24.3 Å². The van der Waals surface area contributed by atoms with E-state index in [0.717, 1.165) is 6.42 Å². The van der Waals surface area contributed by atoms with Gasteiger partial charge in [0.15, 0.2) is 0 Å². The number of nitrogens with one attached hydrogen (secondary N) is 2. The number of esters is 1. The number of hydrogen-bond acceptors (Lipinski definition) is 3. The molecule has 0 heterocycles. The van der Waals surface area contributed by atoms with Gasteiger partial charge in [-0.15, -0.1) is 0 Å². The molecule has 5 nitrogen and oxygen atoms in total. The van der Waals surface area contributed by atoms with E-state index < -0.39 is 12.0 Å². The van der Waals surface area contributed by atoms with Gasteiger partial charge in [-0.25, -0.2) is 9.59 Å². The Morgan fingerprint density at radius 3 is 2.30 bits per heavy atom. The van der Waals surface area contributed by atoms with Crippen molar-refractivity contribution in [3.8, 4) is 0 Å². The number of rotatable bonds is 5. The Kier molecular flexibility index (Phi) is 5.74. The molecule has 0 bridgehead atoms. The highest BCUT2D eigenvalue weighted by molar-refractivity contribution is 6.05. The maximum absolute atomic E-state index is 12.1. The summed E-state index contributed by atoms with van der Waals surface area (Å²) in [6.07, 6.45) is 0.944. The van der Waals surface area contributed by atoms with Crippen LogP contribution in [-0.2, 0) is 11.2 Å². The number of ether oxygens (including phenoxy) is 1. The largest absolute Gasteiger partial charge is 0.462 e. The minimum Gasteiger partial charge on any atom is -0.462 e. The lowest BCUT2D eigenvalue weighted by Crippen LogP contribution is -2.21. The van der Waals surface area contributed by atoms with Gasteiger partial charge >= 0.3 is 12.0 Å². The minimum atomic E-state index is -0.462. The summed E-state index contributed by atoms with van der Waals surface area (Å²) in [6.45, 7) is 4.09. The van der Waals surface area contributed by atoms with E-state index in [-0.39, 0.29) is 6.61 Å². The highest BCUT2D eigenvalue weighted by Crippen LogP contribution is 2.17. The lowest BCUT2D eigenvalue weighted by molar-refractivity contribution is 0.0527. The first-order valence-electron chi connectivity index (χ1n) is 7.57. The van der Waals surface area contributed by atoms with Crippen LogP contribution in [0, 0.1) is 0 Å². The SMILES string of the molecule is CCOC(=O)c1ccccc1NC(=O)Nc1ccc(CC)cc1. The summed E-state index contributed by atoms with van der Waals surface area (Å²) in [4.78, 5) is 24.0. The smallest absolute Gasteiger partial charge is 0.340 e. The quantitative estimate of drug-likeness (QED) is 0.818. The maximum atomic E-state index is 12.1. The second-order valence-electron chi connectivity index (χ2n) is 4.90. The molecule has 0 unspecified atom stereocenters. The Hall–Kier alpha value is -2.82. The zero-order valence-electron chi connectivity index (χ0n) is 13.3. The number of benzene rings is 2. The summed E-state index contributed by atoms with van der Waals surface area (Å²) in [6, 6.07) is 13.9. The summed E-state index contributed by atoms with van der Waals surface area (Å²) in [7, 11) is 0. The molecular weight excluding hydrogens is 292 g/mol. The average molecular weight is 312 g/mol. The summed E-state index contributed by atoms with van der Waals surface area (Å²) >= 11 is 0. The van der Waals surface area contributed by atoms with E-state index in [9.17, 15) is 9.59 Å². The number of aryl methyl sites for hydroxylation is 1. The van der Waals surface area contributed by atoms with E-state index in [4.69, 9.17) is 4.74 Å². The predicted molar refractivity (Wildman–Crippen MR) is 90.9 cm³/mol. The van der Waals surface area contributed by atoms with Crippen molar-refractivity contribution in [1.29, 1.82) is 0 Å². The molecule has 0 saturated heterocycles. The summed E-state index contributed by atoms with van der Waals surface area (Å²) in [5.74, 6) is -0.462. The van der Waals surface area contributed by atoms with Crippen LogP contribution in [0.1, 0.15) is 29.8 Å². The molecule has 0 aliphatic heterocycles. The number of carbonyl (C=O) groups excluding carboxylic acids is 2. The number of carbonyl (C=O) groups is 2. The van der Waals surface area contributed by atoms with Crippen LogP contribution in [-0.4, -0.2) is 18.6 Å². The molecular formula is C18H20N2O3. The van der Waals surface area contributed by atoms with Gasteiger partial charge in [-0.2, -0.15) is 0 Å². The Balaban J connectivity index is 2.06. The Morgan fingerprint density at radius 2 is 1.65 bits per heavy atom. The Morgan fingerprint density at radius 1 is 0.957 bits per heavy atom. The molecule has 2 aromatic rings. The van der Waals surface area contributed by atoms with Crippen LogP contribution < -0.4 is 10.6 Å².